The Morgan fingerprint density at radius 3 is 1.77 bits per heavy atom. The Morgan fingerprint density at radius 2 is 1.29 bits per heavy atom. The van der Waals surface area contributed by atoms with Crippen molar-refractivity contribution >= 4 is 23.2 Å². The van der Waals surface area contributed by atoms with Crippen molar-refractivity contribution in [3.63, 3.8) is 0 Å². The average Bonchev–Trinajstić information content (AvgIpc) is 2.76. The molecule has 2 aromatic rings. The SMILES string of the molecule is CCc1cccc(CC)c1NC(=O)C[NH+]1CC[NH+](CC(=O)Nc2ccc(F)cc2)CC1. The molecule has 4 N–H and O–H groups in total. The van der Waals surface area contributed by atoms with Gasteiger partial charge in [0.15, 0.2) is 13.1 Å². The minimum Gasteiger partial charge on any atom is -0.321 e. The van der Waals surface area contributed by atoms with Gasteiger partial charge in [-0.1, -0.05) is 32.0 Å². The van der Waals surface area contributed by atoms with E-state index in [1.165, 1.54) is 33.1 Å². The van der Waals surface area contributed by atoms with Crippen LogP contribution in [-0.2, 0) is 22.4 Å². The number of halogens is 1. The summed E-state index contributed by atoms with van der Waals surface area (Å²) in [6.07, 6.45) is 1.77. The first-order valence-electron chi connectivity index (χ1n) is 11.1. The fourth-order valence-corrected chi connectivity index (χ4v) is 4.09. The number of rotatable bonds is 8. The average molecular weight is 429 g/mol. The molecule has 1 aliphatic heterocycles. The highest BCUT2D eigenvalue weighted by Crippen LogP contribution is 2.22. The molecule has 166 valence electrons. The number of carbonyl (C=O) groups excluding carboxylic acids is 2. The van der Waals surface area contributed by atoms with E-state index in [-0.39, 0.29) is 17.6 Å². The van der Waals surface area contributed by atoms with Crippen LogP contribution in [-0.4, -0.2) is 51.1 Å². The second kappa shape index (κ2) is 11.0. The maximum absolute atomic E-state index is 13.0. The van der Waals surface area contributed by atoms with Gasteiger partial charge in [0, 0.05) is 11.4 Å². The number of amides is 2. The van der Waals surface area contributed by atoms with Gasteiger partial charge < -0.3 is 20.4 Å². The summed E-state index contributed by atoms with van der Waals surface area (Å²) in [5, 5.41) is 5.96. The first kappa shape index (κ1) is 22.9. The number of piperazine rings is 1. The van der Waals surface area contributed by atoms with Gasteiger partial charge in [0.2, 0.25) is 0 Å². The van der Waals surface area contributed by atoms with Crippen LogP contribution in [0.2, 0.25) is 0 Å². The van der Waals surface area contributed by atoms with Gasteiger partial charge in [0.25, 0.3) is 11.8 Å². The molecule has 1 saturated heterocycles. The van der Waals surface area contributed by atoms with Gasteiger partial charge in [-0.25, -0.2) is 4.39 Å². The van der Waals surface area contributed by atoms with Crippen molar-refractivity contribution in [1.29, 1.82) is 0 Å². The molecule has 0 atom stereocenters. The number of hydrogen-bond acceptors (Lipinski definition) is 2. The summed E-state index contributed by atoms with van der Waals surface area (Å²) in [5.41, 5.74) is 3.91. The number of nitrogens with one attached hydrogen (secondary N) is 4. The highest BCUT2D eigenvalue weighted by molar-refractivity contribution is 5.93. The summed E-state index contributed by atoms with van der Waals surface area (Å²) < 4.78 is 13.0. The molecule has 0 bridgehead atoms. The molecule has 0 aliphatic carbocycles. The quantitative estimate of drug-likeness (QED) is 0.489. The third-order valence-corrected chi connectivity index (χ3v) is 5.88. The molecule has 3 rings (SSSR count). The molecule has 1 heterocycles. The van der Waals surface area contributed by atoms with Gasteiger partial charge >= 0.3 is 0 Å². The Balaban J connectivity index is 1.44. The van der Waals surface area contributed by atoms with E-state index >= 15 is 0 Å². The molecular weight excluding hydrogens is 395 g/mol. The Morgan fingerprint density at radius 1 is 0.806 bits per heavy atom. The van der Waals surface area contributed by atoms with Gasteiger partial charge in [-0.2, -0.15) is 0 Å². The van der Waals surface area contributed by atoms with E-state index in [0.717, 1.165) is 44.7 Å². The van der Waals surface area contributed by atoms with Crippen molar-refractivity contribution < 1.29 is 23.8 Å². The maximum Gasteiger partial charge on any atom is 0.279 e. The van der Waals surface area contributed by atoms with Gasteiger partial charge in [0.1, 0.15) is 32.0 Å². The molecule has 6 nitrogen and oxygen atoms in total. The van der Waals surface area contributed by atoms with Crippen LogP contribution >= 0.6 is 0 Å². The molecule has 31 heavy (non-hydrogen) atoms. The first-order valence-corrected chi connectivity index (χ1v) is 11.1. The minimum atomic E-state index is -0.323. The number of benzene rings is 2. The van der Waals surface area contributed by atoms with E-state index in [4.69, 9.17) is 0 Å². The highest BCUT2D eigenvalue weighted by Gasteiger charge is 2.26. The zero-order chi connectivity index (χ0) is 22.2. The van der Waals surface area contributed by atoms with E-state index in [1.807, 2.05) is 6.07 Å². The number of para-hydroxylation sites is 1. The van der Waals surface area contributed by atoms with Crippen LogP contribution in [0.15, 0.2) is 42.5 Å². The number of aryl methyl sites for hydroxylation is 2. The number of hydrogen-bond donors (Lipinski definition) is 4. The van der Waals surface area contributed by atoms with Crippen LogP contribution in [0, 0.1) is 5.82 Å². The lowest BCUT2D eigenvalue weighted by atomic mass is 10.0. The predicted octanol–water partition coefficient (Wildman–Crippen LogP) is 0.311. The smallest absolute Gasteiger partial charge is 0.279 e. The van der Waals surface area contributed by atoms with Gasteiger partial charge in [-0.15, -0.1) is 0 Å². The monoisotopic (exact) mass is 428 g/mol. The zero-order valence-electron chi connectivity index (χ0n) is 18.4. The second-order valence-corrected chi connectivity index (χ2v) is 8.12. The summed E-state index contributed by atoms with van der Waals surface area (Å²) in [4.78, 5) is 27.4. The lowest BCUT2D eigenvalue weighted by molar-refractivity contribution is -1.00. The Hall–Kier alpha value is -2.77. The van der Waals surface area contributed by atoms with E-state index in [2.05, 4.69) is 36.6 Å². The molecule has 0 radical (unpaired) electrons. The van der Waals surface area contributed by atoms with Crippen molar-refractivity contribution in [3.05, 3.63) is 59.4 Å². The number of quaternary nitrogens is 2. The molecule has 7 heteroatoms. The summed E-state index contributed by atoms with van der Waals surface area (Å²) in [5.74, 6) is -0.356. The van der Waals surface area contributed by atoms with Crippen LogP contribution in [0.5, 0.6) is 0 Å². The summed E-state index contributed by atoms with van der Waals surface area (Å²) in [6.45, 7) is 8.40. The third-order valence-electron chi connectivity index (χ3n) is 5.88. The first-order chi connectivity index (χ1) is 15.0. The summed E-state index contributed by atoms with van der Waals surface area (Å²) >= 11 is 0. The molecule has 1 fully saturated rings. The third kappa shape index (κ3) is 6.60. The molecule has 0 aromatic heterocycles. The van der Waals surface area contributed by atoms with Crippen LogP contribution in [0.3, 0.4) is 0 Å². The lowest BCUT2D eigenvalue weighted by Crippen LogP contribution is -3.28. The van der Waals surface area contributed by atoms with Gasteiger partial charge in [-0.3, -0.25) is 9.59 Å². The van der Waals surface area contributed by atoms with Crippen LogP contribution in [0.1, 0.15) is 25.0 Å². The number of carbonyl (C=O) groups is 2. The van der Waals surface area contributed by atoms with Gasteiger partial charge in [0.05, 0.1) is 0 Å². The Bertz CT molecular complexity index is 871. The molecular formula is C24H33FN4O2+2. The van der Waals surface area contributed by atoms with E-state index in [0.29, 0.717) is 18.8 Å². The maximum atomic E-state index is 13.0. The van der Waals surface area contributed by atoms with Crippen molar-refractivity contribution in [2.45, 2.75) is 26.7 Å². The van der Waals surface area contributed by atoms with Crippen LogP contribution in [0.25, 0.3) is 0 Å². The van der Waals surface area contributed by atoms with Gasteiger partial charge in [-0.05, 0) is 48.2 Å². The normalized spacial score (nSPS) is 18.4. The van der Waals surface area contributed by atoms with Crippen molar-refractivity contribution in [1.82, 2.24) is 0 Å². The fraction of sp³-hybridized carbons (Fsp3) is 0.417. The predicted molar refractivity (Wildman–Crippen MR) is 120 cm³/mol. The topological polar surface area (TPSA) is 67.1 Å². The fourth-order valence-electron chi connectivity index (χ4n) is 4.09. The summed E-state index contributed by atoms with van der Waals surface area (Å²) in [6, 6.07) is 12.0. The molecule has 0 saturated carbocycles. The standard InChI is InChI=1S/C24H31FN4O2/c1-3-18-6-5-7-19(4-2)24(18)27-23(31)17-29-14-12-28(13-15-29)16-22(30)26-21-10-8-20(25)9-11-21/h5-11H,3-4,12-17H2,1-2H3,(H,26,30)(H,27,31)/p+2. The zero-order valence-corrected chi connectivity index (χ0v) is 18.4. The Labute approximate surface area is 183 Å². The number of anilines is 2. The lowest BCUT2D eigenvalue weighted by Gasteiger charge is -2.29. The highest BCUT2D eigenvalue weighted by atomic mass is 19.1. The largest absolute Gasteiger partial charge is 0.321 e. The van der Waals surface area contributed by atoms with Crippen LogP contribution in [0.4, 0.5) is 15.8 Å². The van der Waals surface area contributed by atoms with Crippen LogP contribution < -0.4 is 20.4 Å². The summed E-state index contributed by atoms with van der Waals surface area (Å²) in [7, 11) is 0. The molecule has 0 unspecified atom stereocenters. The van der Waals surface area contributed by atoms with E-state index in [1.54, 1.807) is 12.1 Å². The van der Waals surface area contributed by atoms with Crippen molar-refractivity contribution in [3.8, 4) is 0 Å². The van der Waals surface area contributed by atoms with E-state index in [9.17, 15) is 14.0 Å². The van der Waals surface area contributed by atoms with E-state index < -0.39 is 0 Å². The molecule has 1 aliphatic rings. The second-order valence-electron chi connectivity index (χ2n) is 8.12. The molecule has 0 spiro atoms. The Kier molecular flexibility index (Phi) is 8.14. The minimum absolute atomic E-state index is 0.0445. The van der Waals surface area contributed by atoms with Crippen molar-refractivity contribution in [2.24, 2.45) is 0 Å². The van der Waals surface area contributed by atoms with Crippen molar-refractivity contribution in [2.75, 3.05) is 49.9 Å². The molecule has 2 amide bonds. The molecule has 2 aromatic carbocycles.